The van der Waals surface area contributed by atoms with Crippen molar-refractivity contribution in [1.82, 2.24) is 4.90 Å². The van der Waals surface area contributed by atoms with E-state index in [2.05, 4.69) is 5.32 Å². The minimum atomic E-state index is -0.868. The zero-order chi connectivity index (χ0) is 18.2. The molecule has 2 atom stereocenters. The van der Waals surface area contributed by atoms with Crippen molar-refractivity contribution < 1.29 is 9.72 Å². The SMILES string of the molecule is CCC(C)N1C(=O)c2ccccc2NC1(C)c1cccc([N+](=O)[O-])c1. The lowest BCUT2D eigenvalue weighted by molar-refractivity contribution is -0.385. The zero-order valence-electron chi connectivity index (χ0n) is 14.5. The summed E-state index contributed by atoms with van der Waals surface area (Å²) in [5.41, 5.74) is 1.18. The topological polar surface area (TPSA) is 75.5 Å². The molecule has 2 unspecified atom stereocenters. The van der Waals surface area contributed by atoms with Crippen LogP contribution in [0.3, 0.4) is 0 Å². The number of carbonyl (C=O) groups excluding carboxylic acids is 1. The lowest BCUT2D eigenvalue weighted by atomic mass is 9.91. The van der Waals surface area contributed by atoms with Crippen molar-refractivity contribution in [3.8, 4) is 0 Å². The van der Waals surface area contributed by atoms with Gasteiger partial charge in [-0.25, -0.2) is 0 Å². The minimum absolute atomic E-state index is 0.0101. The number of nitrogens with one attached hydrogen (secondary N) is 1. The van der Waals surface area contributed by atoms with Gasteiger partial charge in [-0.05, 0) is 32.4 Å². The maximum Gasteiger partial charge on any atom is 0.269 e. The second kappa shape index (κ2) is 6.20. The van der Waals surface area contributed by atoms with Gasteiger partial charge in [0.15, 0.2) is 0 Å². The van der Waals surface area contributed by atoms with Crippen molar-refractivity contribution in [2.24, 2.45) is 0 Å². The molecule has 2 aromatic rings. The molecular formula is C19H21N3O3. The molecule has 25 heavy (non-hydrogen) atoms. The second-order valence-corrected chi connectivity index (χ2v) is 6.48. The average molecular weight is 339 g/mol. The first-order valence-electron chi connectivity index (χ1n) is 8.34. The van der Waals surface area contributed by atoms with E-state index in [1.54, 1.807) is 17.0 Å². The molecule has 0 aliphatic carbocycles. The Balaban J connectivity index is 2.18. The van der Waals surface area contributed by atoms with Crippen molar-refractivity contribution >= 4 is 17.3 Å². The van der Waals surface area contributed by atoms with Crippen molar-refractivity contribution in [3.05, 3.63) is 69.8 Å². The molecule has 0 saturated heterocycles. The van der Waals surface area contributed by atoms with Crippen molar-refractivity contribution in [3.63, 3.8) is 0 Å². The molecule has 0 aromatic heterocycles. The molecule has 3 rings (SSSR count). The molecule has 2 aromatic carbocycles. The lowest BCUT2D eigenvalue weighted by Gasteiger charge is -2.49. The Morgan fingerprint density at radius 1 is 1.24 bits per heavy atom. The van der Waals surface area contributed by atoms with E-state index < -0.39 is 10.6 Å². The number of anilines is 1. The van der Waals surface area contributed by atoms with Gasteiger partial charge in [-0.1, -0.05) is 31.2 Å². The number of fused-ring (bicyclic) bond motifs is 1. The monoisotopic (exact) mass is 339 g/mol. The summed E-state index contributed by atoms with van der Waals surface area (Å²) in [5, 5.41) is 14.6. The van der Waals surface area contributed by atoms with Crippen molar-refractivity contribution in [1.29, 1.82) is 0 Å². The molecule has 1 aliphatic rings. The van der Waals surface area contributed by atoms with Gasteiger partial charge in [-0.15, -0.1) is 0 Å². The van der Waals surface area contributed by atoms with Gasteiger partial charge in [0.05, 0.1) is 10.5 Å². The van der Waals surface area contributed by atoms with Gasteiger partial charge in [0.1, 0.15) is 5.66 Å². The fraction of sp³-hybridized carbons (Fsp3) is 0.316. The predicted octanol–water partition coefficient (Wildman–Crippen LogP) is 4.13. The molecule has 1 heterocycles. The number of nitro benzene ring substituents is 1. The van der Waals surface area contributed by atoms with E-state index in [0.29, 0.717) is 11.1 Å². The number of nitrogens with zero attached hydrogens (tertiary/aromatic N) is 2. The average Bonchev–Trinajstić information content (AvgIpc) is 2.61. The summed E-state index contributed by atoms with van der Waals surface area (Å²) in [4.78, 5) is 25.7. The van der Waals surface area contributed by atoms with Crippen LogP contribution in [0.15, 0.2) is 48.5 Å². The van der Waals surface area contributed by atoms with Crippen molar-refractivity contribution in [2.75, 3.05) is 5.32 Å². The van der Waals surface area contributed by atoms with Crippen LogP contribution in [0.1, 0.15) is 43.1 Å². The van der Waals surface area contributed by atoms with Crippen LogP contribution in [-0.2, 0) is 5.66 Å². The summed E-state index contributed by atoms with van der Waals surface area (Å²) in [6, 6.07) is 13.8. The third-order valence-corrected chi connectivity index (χ3v) is 4.89. The number of hydrogen-bond acceptors (Lipinski definition) is 4. The van der Waals surface area contributed by atoms with E-state index in [0.717, 1.165) is 12.1 Å². The summed E-state index contributed by atoms with van der Waals surface area (Å²) >= 11 is 0. The maximum absolute atomic E-state index is 13.2. The number of amides is 1. The number of hydrogen-bond donors (Lipinski definition) is 1. The molecule has 0 bridgehead atoms. The highest BCUT2D eigenvalue weighted by Crippen LogP contribution is 2.40. The Kier molecular flexibility index (Phi) is 4.20. The molecule has 130 valence electrons. The lowest BCUT2D eigenvalue weighted by Crippen LogP contribution is -2.59. The highest BCUT2D eigenvalue weighted by molar-refractivity contribution is 6.02. The van der Waals surface area contributed by atoms with Gasteiger partial charge in [0.2, 0.25) is 0 Å². The molecule has 1 N–H and O–H groups in total. The Morgan fingerprint density at radius 3 is 2.64 bits per heavy atom. The van der Waals surface area contributed by atoms with Crippen LogP contribution >= 0.6 is 0 Å². The van der Waals surface area contributed by atoms with Gasteiger partial charge >= 0.3 is 0 Å². The first-order valence-corrected chi connectivity index (χ1v) is 8.34. The summed E-state index contributed by atoms with van der Waals surface area (Å²) in [7, 11) is 0. The summed E-state index contributed by atoms with van der Waals surface area (Å²) < 4.78 is 0. The molecule has 1 aliphatic heterocycles. The van der Waals surface area contributed by atoms with E-state index in [1.807, 2.05) is 45.0 Å². The van der Waals surface area contributed by atoms with Crippen LogP contribution in [0, 0.1) is 10.1 Å². The number of carbonyl (C=O) groups is 1. The summed E-state index contributed by atoms with van der Waals surface area (Å²) in [6.45, 7) is 5.90. The third-order valence-electron chi connectivity index (χ3n) is 4.89. The van der Waals surface area contributed by atoms with Gasteiger partial charge in [0.25, 0.3) is 11.6 Å². The van der Waals surface area contributed by atoms with Crippen LogP contribution in [0.25, 0.3) is 0 Å². The highest BCUT2D eigenvalue weighted by atomic mass is 16.6. The van der Waals surface area contributed by atoms with Gasteiger partial charge in [-0.2, -0.15) is 0 Å². The van der Waals surface area contributed by atoms with E-state index in [1.165, 1.54) is 12.1 Å². The van der Waals surface area contributed by atoms with E-state index >= 15 is 0 Å². The molecule has 0 saturated carbocycles. The smallest absolute Gasteiger partial charge is 0.269 e. The number of benzene rings is 2. The fourth-order valence-electron chi connectivity index (χ4n) is 3.39. The Hall–Kier alpha value is -2.89. The maximum atomic E-state index is 13.2. The van der Waals surface area contributed by atoms with Crippen molar-refractivity contribution in [2.45, 2.75) is 38.9 Å². The predicted molar refractivity (Wildman–Crippen MR) is 96.4 cm³/mol. The number of non-ortho nitro benzene ring substituents is 1. The molecule has 0 fully saturated rings. The van der Waals surface area contributed by atoms with Crippen LogP contribution in [-0.4, -0.2) is 21.8 Å². The molecule has 0 spiro atoms. The standard InChI is InChI=1S/C19H21N3O3/c1-4-13(2)21-18(23)16-10-5-6-11-17(16)20-19(21,3)14-8-7-9-15(12-14)22(24)25/h5-13,20H,4H2,1-3H3. The van der Waals surface area contributed by atoms with Crippen LogP contribution in [0.5, 0.6) is 0 Å². The Bertz CT molecular complexity index is 836. The molecule has 6 nitrogen and oxygen atoms in total. The van der Waals surface area contributed by atoms with Crippen LogP contribution in [0.4, 0.5) is 11.4 Å². The van der Waals surface area contributed by atoms with Crippen LogP contribution < -0.4 is 5.32 Å². The molecule has 1 amide bonds. The largest absolute Gasteiger partial charge is 0.358 e. The fourth-order valence-corrected chi connectivity index (χ4v) is 3.39. The van der Waals surface area contributed by atoms with Gasteiger partial charge in [-0.3, -0.25) is 14.9 Å². The summed E-state index contributed by atoms with van der Waals surface area (Å²) in [6.07, 6.45) is 0.778. The van der Waals surface area contributed by atoms with E-state index in [4.69, 9.17) is 0 Å². The highest BCUT2D eigenvalue weighted by Gasteiger charge is 2.44. The molecule has 6 heteroatoms. The molecular weight excluding hydrogens is 318 g/mol. The van der Waals surface area contributed by atoms with Gasteiger partial charge in [0, 0.05) is 29.4 Å². The number of para-hydroxylation sites is 1. The number of rotatable bonds is 4. The van der Waals surface area contributed by atoms with E-state index in [-0.39, 0.29) is 17.6 Å². The number of nitro groups is 1. The Morgan fingerprint density at radius 2 is 1.96 bits per heavy atom. The second-order valence-electron chi connectivity index (χ2n) is 6.48. The van der Waals surface area contributed by atoms with Crippen LogP contribution in [0.2, 0.25) is 0 Å². The quantitative estimate of drug-likeness (QED) is 0.671. The molecule has 0 radical (unpaired) electrons. The van der Waals surface area contributed by atoms with Gasteiger partial charge < -0.3 is 10.2 Å². The normalized spacial score (nSPS) is 20.6. The van der Waals surface area contributed by atoms with E-state index in [9.17, 15) is 14.9 Å². The summed E-state index contributed by atoms with van der Waals surface area (Å²) in [5.74, 6) is -0.0716. The zero-order valence-corrected chi connectivity index (χ0v) is 14.5. The minimum Gasteiger partial charge on any atom is -0.358 e. The first-order chi connectivity index (χ1) is 11.9. The third kappa shape index (κ3) is 2.73. The Labute approximate surface area is 146 Å². The first kappa shape index (κ1) is 17.0.